The highest BCUT2D eigenvalue weighted by Gasteiger charge is 2.32. The molecule has 5 rings (SSSR count). The lowest BCUT2D eigenvalue weighted by molar-refractivity contribution is -0.128. The van der Waals surface area contributed by atoms with Crippen LogP contribution in [-0.2, 0) is 16.0 Å². The van der Waals surface area contributed by atoms with E-state index in [1.807, 2.05) is 39.0 Å². The second kappa shape index (κ2) is 10.8. The summed E-state index contributed by atoms with van der Waals surface area (Å²) in [6.45, 7) is 16.9. The molecule has 3 aromatic heterocycles. The summed E-state index contributed by atoms with van der Waals surface area (Å²) in [5.74, 6) is -1.08. The lowest BCUT2D eigenvalue weighted by Crippen LogP contribution is -2.08. The fraction of sp³-hybridized carbons (Fsp3) is 0.333. The van der Waals surface area contributed by atoms with Crippen molar-refractivity contribution >= 4 is 45.7 Å². The minimum atomic E-state index is -0.998. The molecule has 0 spiro atoms. The van der Waals surface area contributed by atoms with Gasteiger partial charge >= 0.3 is 5.97 Å². The van der Waals surface area contributed by atoms with Crippen molar-refractivity contribution in [2.75, 3.05) is 6.61 Å². The fourth-order valence-electron chi connectivity index (χ4n) is 6.29. The van der Waals surface area contributed by atoms with Crippen LogP contribution in [0.4, 0.5) is 0 Å². The van der Waals surface area contributed by atoms with Crippen molar-refractivity contribution in [1.29, 1.82) is 0 Å². The van der Waals surface area contributed by atoms with Gasteiger partial charge in [-0.1, -0.05) is 26.5 Å². The summed E-state index contributed by atoms with van der Waals surface area (Å²) in [5, 5.41) is 10.3. The third kappa shape index (κ3) is 4.67. The first-order valence-corrected chi connectivity index (χ1v) is 14.0. The van der Waals surface area contributed by atoms with Crippen molar-refractivity contribution in [1.82, 2.24) is 19.9 Å². The standard InChI is InChI=1S/C33H36N4O4/c1-8-21-16(3)24-12-26-18(5)23(10-11-41-15-38)31(36-26)20(7)32-30(33(39)40)19(6)27(37-32)14-29-22(9-2)17(4)25(35-29)13-28(21)34-24/h8,12-15,18,23,35,37H,1,9-11H2,2-7H3,(H,39,40)/t18-,23-/m0/s1. The first-order chi connectivity index (χ1) is 19.6. The Kier molecular flexibility index (Phi) is 7.43. The molecule has 0 fully saturated rings. The number of nitrogens with zero attached hydrogens (tertiary/aromatic N) is 2. The van der Waals surface area contributed by atoms with Crippen LogP contribution in [0, 0.1) is 20.8 Å². The Morgan fingerprint density at radius 3 is 2.41 bits per heavy atom. The summed E-state index contributed by atoms with van der Waals surface area (Å²) >= 11 is 0. The van der Waals surface area contributed by atoms with Gasteiger partial charge in [0.05, 0.1) is 29.1 Å². The summed E-state index contributed by atoms with van der Waals surface area (Å²) < 4.78 is 5.06. The van der Waals surface area contributed by atoms with Gasteiger partial charge in [-0.15, -0.1) is 0 Å². The van der Waals surface area contributed by atoms with Crippen LogP contribution in [0.15, 0.2) is 30.9 Å². The number of hydrogen-bond donors (Lipinski definition) is 3. The highest BCUT2D eigenvalue weighted by Crippen LogP contribution is 2.42. The number of aryl methyl sites for hydroxylation is 4. The van der Waals surface area contributed by atoms with E-state index in [9.17, 15) is 14.7 Å². The van der Waals surface area contributed by atoms with E-state index in [2.05, 4.69) is 43.4 Å². The minimum Gasteiger partial charge on any atom is -0.478 e. The smallest absolute Gasteiger partial charge is 0.338 e. The first-order valence-electron chi connectivity index (χ1n) is 14.0. The third-order valence-corrected chi connectivity index (χ3v) is 8.72. The maximum Gasteiger partial charge on any atom is 0.338 e. The number of aromatic carboxylic acids is 1. The molecule has 0 radical (unpaired) electrons. The number of allylic oxidation sites excluding steroid dienone is 3. The van der Waals surface area contributed by atoms with Crippen LogP contribution in [-0.4, -0.2) is 44.1 Å². The van der Waals surface area contributed by atoms with Crippen molar-refractivity contribution in [3.05, 3.63) is 81.4 Å². The largest absolute Gasteiger partial charge is 0.478 e. The molecule has 3 aromatic rings. The van der Waals surface area contributed by atoms with Crippen LogP contribution in [0.5, 0.6) is 0 Å². The van der Waals surface area contributed by atoms with Crippen molar-refractivity contribution in [3.63, 3.8) is 0 Å². The van der Waals surface area contributed by atoms with Crippen LogP contribution in [0.3, 0.4) is 0 Å². The molecule has 0 aliphatic carbocycles. The van der Waals surface area contributed by atoms with E-state index >= 15 is 0 Å². The van der Waals surface area contributed by atoms with Crippen molar-refractivity contribution in [2.45, 2.75) is 66.2 Å². The molecule has 0 saturated heterocycles. The molecular formula is C33H36N4O4. The molecule has 0 aromatic carbocycles. The number of carbonyl (C=O) groups excluding carboxylic acids is 1. The molecule has 0 unspecified atom stereocenters. The highest BCUT2D eigenvalue weighted by atomic mass is 16.5. The van der Waals surface area contributed by atoms with E-state index in [1.165, 1.54) is 0 Å². The number of rotatable bonds is 7. The zero-order valence-electron chi connectivity index (χ0n) is 24.4. The average molecular weight is 553 g/mol. The van der Waals surface area contributed by atoms with Gasteiger partial charge in [0.25, 0.3) is 6.47 Å². The summed E-state index contributed by atoms with van der Waals surface area (Å²) in [5.41, 5.74) is 12.4. The van der Waals surface area contributed by atoms with Crippen molar-refractivity contribution < 1.29 is 19.4 Å². The van der Waals surface area contributed by atoms with E-state index in [0.717, 1.165) is 73.6 Å². The van der Waals surface area contributed by atoms with Gasteiger partial charge in [0, 0.05) is 45.3 Å². The number of aromatic nitrogens is 4. The molecule has 3 N–H and O–H groups in total. The number of aromatic amines is 2. The van der Waals surface area contributed by atoms with E-state index in [-0.39, 0.29) is 24.0 Å². The summed E-state index contributed by atoms with van der Waals surface area (Å²) in [6, 6.07) is 6.08. The van der Waals surface area contributed by atoms with Crippen LogP contribution in [0.1, 0.15) is 94.4 Å². The van der Waals surface area contributed by atoms with Crippen LogP contribution >= 0.6 is 0 Å². The summed E-state index contributed by atoms with van der Waals surface area (Å²) in [6.07, 6.45) is 3.21. The Morgan fingerprint density at radius 1 is 1.02 bits per heavy atom. The molecule has 41 heavy (non-hydrogen) atoms. The Bertz CT molecular complexity index is 1790. The quantitative estimate of drug-likeness (QED) is 0.213. The monoisotopic (exact) mass is 552 g/mol. The Morgan fingerprint density at radius 2 is 1.76 bits per heavy atom. The SMILES string of the molecule is C=CC1=C(C)c2cc3nc(c(C)c4[nH]c(cc5[nH]c(cc1n2)c(C)c5CC)c(C)c4C(=O)O)[C@@H](CCOC=O)[C@@H]3C. The number of fused-ring (bicyclic) bond motifs is 8. The molecular weight excluding hydrogens is 516 g/mol. The Hall–Kier alpha value is -4.46. The zero-order valence-corrected chi connectivity index (χ0v) is 24.4. The van der Waals surface area contributed by atoms with Gasteiger partial charge in [-0.2, -0.15) is 0 Å². The highest BCUT2D eigenvalue weighted by molar-refractivity contribution is 6.02. The predicted octanol–water partition coefficient (Wildman–Crippen LogP) is 7.07. The van der Waals surface area contributed by atoms with Gasteiger partial charge in [0.1, 0.15) is 0 Å². The molecule has 8 nitrogen and oxygen atoms in total. The van der Waals surface area contributed by atoms with E-state index < -0.39 is 5.97 Å². The van der Waals surface area contributed by atoms with Gasteiger partial charge in [0.15, 0.2) is 0 Å². The Balaban J connectivity index is 1.97. The lowest BCUT2D eigenvalue weighted by atomic mass is 9.87. The molecule has 2 atom stereocenters. The molecule has 2 aliphatic rings. The maximum atomic E-state index is 12.6. The van der Waals surface area contributed by atoms with Crippen LogP contribution in [0.2, 0.25) is 0 Å². The fourth-order valence-corrected chi connectivity index (χ4v) is 6.29. The van der Waals surface area contributed by atoms with Gasteiger partial charge in [-0.05, 0) is 86.6 Å². The second-order valence-electron chi connectivity index (χ2n) is 10.9. The first kappa shape index (κ1) is 28.1. The topological polar surface area (TPSA) is 121 Å². The van der Waals surface area contributed by atoms with Crippen LogP contribution in [0.25, 0.3) is 33.2 Å². The molecule has 0 amide bonds. The number of carbonyl (C=O) groups is 2. The maximum absolute atomic E-state index is 12.6. The van der Waals surface area contributed by atoms with E-state index in [1.54, 1.807) is 0 Å². The van der Waals surface area contributed by atoms with E-state index in [4.69, 9.17) is 14.7 Å². The minimum absolute atomic E-state index is 0.00290. The summed E-state index contributed by atoms with van der Waals surface area (Å²) in [7, 11) is 0. The molecule has 212 valence electrons. The molecule has 8 heteroatoms. The van der Waals surface area contributed by atoms with Gasteiger partial charge in [-0.3, -0.25) is 9.78 Å². The third-order valence-electron chi connectivity index (χ3n) is 8.72. The molecule has 0 saturated carbocycles. The predicted molar refractivity (Wildman–Crippen MR) is 162 cm³/mol. The number of hydrogen-bond acceptors (Lipinski definition) is 5. The van der Waals surface area contributed by atoms with Crippen molar-refractivity contribution in [3.8, 4) is 0 Å². The number of H-pyrrole nitrogens is 2. The van der Waals surface area contributed by atoms with Gasteiger partial charge in [-0.25, -0.2) is 9.78 Å². The summed E-state index contributed by atoms with van der Waals surface area (Å²) in [4.78, 5) is 40.6. The van der Waals surface area contributed by atoms with Gasteiger partial charge < -0.3 is 19.8 Å². The van der Waals surface area contributed by atoms with Crippen molar-refractivity contribution in [2.24, 2.45) is 0 Å². The lowest BCUT2D eigenvalue weighted by Gasteiger charge is -2.16. The number of carboxylic acid groups (broad SMARTS) is 1. The molecule has 8 bridgehead atoms. The number of ether oxygens (including phenoxy) is 1. The number of nitrogens with one attached hydrogen (secondary N) is 2. The van der Waals surface area contributed by atoms with Crippen LogP contribution < -0.4 is 0 Å². The zero-order chi connectivity index (χ0) is 29.6. The average Bonchev–Trinajstić information content (AvgIpc) is 3.62. The normalized spacial score (nSPS) is 16.6. The molecule has 5 heterocycles. The van der Waals surface area contributed by atoms with Gasteiger partial charge in [0.2, 0.25) is 0 Å². The second-order valence-corrected chi connectivity index (χ2v) is 10.9. The van der Waals surface area contributed by atoms with E-state index in [0.29, 0.717) is 24.0 Å². The number of carboxylic acids is 1. The Labute approximate surface area is 239 Å². The molecule has 2 aliphatic heterocycles.